The van der Waals surface area contributed by atoms with Crippen LogP contribution >= 0.6 is 0 Å². The van der Waals surface area contributed by atoms with E-state index >= 15 is 0 Å². The highest BCUT2D eigenvalue weighted by Crippen LogP contribution is 2.45. The summed E-state index contributed by atoms with van der Waals surface area (Å²) in [6.45, 7) is 1.35. The number of benzene rings is 2. The molecule has 8 nitrogen and oxygen atoms in total. The summed E-state index contributed by atoms with van der Waals surface area (Å²) in [5, 5.41) is 3.21. The predicted octanol–water partition coefficient (Wildman–Crippen LogP) is 3.64. The Hall–Kier alpha value is -3.08. The molecule has 1 aliphatic carbocycles. The minimum atomic E-state index is -2.65. The molecule has 3 aromatic rings. The van der Waals surface area contributed by atoms with Gasteiger partial charge in [0, 0.05) is 35.8 Å². The molecule has 4 rings (SSSR count). The number of carbonyl (C=O) groups excluding carboxylic acids is 2. The summed E-state index contributed by atoms with van der Waals surface area (Å²) < 4.78 is 49.0. The number of ether oxygens (including phenoxy) is 1. The second-order valence-electron chi connectivity index (χ2n) is 8.03. The van der Waals surface area contributed by atoms with Crippen molar-refractivity contribution in [1.29, 1.82) is 0 Å². The van der Waals surface area contributed by atoms with E-state index in [9.17, 15) is 22.7 Å². The highest BCUT2D eigenvalue weighted by atomic mass is 32.2. The number of hydrogen-bond acceptors (Lipinski definition) is 6. The van der Waals surface area contributed by atoms with Crippen LogP contribution in [-0.2, 0) is 27.3 Å². The summed E-state index contributed by atoms with van der Waals surface area (Å²) >= 11 is -2.65. The van der Waals surface area contributed by atoms with E-state index in [0.717, 1.165) is 22.7 Å². The standard InChI is InChI=1S/C24H25FN2O6S/c1-3-32-21(28)13-27(34(30)31)12-16-10-20-19(11-18(16)14-4-5-14)22(24(29)26-2)23(33-20)15-6-8-17(25)9-7-15/h6-11,14H,3-5,12-13H2,1-2H3,(H,26,29)(H,30,31)/p-1. The largest absolute Gasteiger partial charge is 0.760 e. The Bertz CT molecular complexity index is 1250. The van der Waals surface area contributed by atoms with E-state index in [-0.39, 0.29) is 25.0 Å². The number of amides is 1. The van der Waals surface area contributed by atoms with E-state index in [1.807, 2.05) is 6.07 Å². The van der Waals surface area contributed by atoms with Crippen molar-refractivity contribution in [2.75, 3.05) is 20.2 Å². The normalized spacial score (nSPS) is 14.4. The van der Waals surface area contributed by atoms with Crippen LogP contribution in [0.2, 0.25) is 0 Å². The molecule has 1 N–H and O–H groups in total. The predicted molar refractivity (Wildman–Crippen MR) is 123 cm³/mol. The van der Waals surface area contributed by atoms with E-state index in [1.54, 1.807) is 13.0 Å². The number of rotatable bonds is 9. The molecule has 180 valence electrons. The Morgan fingerprint density at radius 1 is 1.26 bits per heavy atom. The SMILES string of the molecule is CCOC(=O)CN(Cc1cc2oc(-c3ccc(F)cc3)c(C(=O)NC)c2cc1C1CC1)S(=O)[O-]. The van der Waals surface area contributed by atoms with Crippen molar-refractivity contribution in [3.8, 4) is 11.3 Å². The number of carbonyl (C=O) groups is 2. The molecule has 1 aromatic heterocycles. The molecular formula is C24H24FN2O6S-. The van der Waals surface area contributed by atoms with Gasteiger partial charge in [0.25, 0.3) is 5.91 Å². The van der Waals surface area contributed by atoms with Gasteiger partial charge in [-0.2, -0.15) is 0 Å². The van der Waals surface area contributed by atoms with Crippen LogP contribution in [-0.4, -0.2) is 45.1 Å². The summed E-state index contributed by atoms with van der Waals surface area (Å²) in [5.41, 5.74) is 2.85. The summed E-state index contributed by atoms with van der Waals surface area (Å²) in [7, 11) is 1.52. The number of esters is 1. The molecule has 1 fully saturated rings. The van der Waals surface area contributed by atoms with Gasteiger partial charge < -0.3 is 19.0 Å². The van der Waals surface area contributed by atoms with Gasteiger partial charge in [0.15, 0.2) is 0 Å². The molecule has 1 amide bonds. The van der Waals surface area contributed by atoms with E-state index in [4.69, 9.17) is 9.15 Å². The maximum Gasteiger partial charge on any atom is 0.321 e. The van der Waals surface area contributed by atoms with Crippen LogP contribution in [0.25, 0.3) is 22.3 Å². The summed E-state index contributed by atoms with van der Waals surface area (Å²) in [6, 6.07) is 9.21. The number of hydrogen-bond donors (Lipinski definition) is 1. The van der Waals surface area contributed by atoms with Crippen LogP contribution in [0.3, 0.4) is 0 Å². The Kier molecular flexibility index (Phi) is 7.11. The molecule has 1 saturated carbocycles. The van der Waals surface area contributed by atoms with Crippen LogP contribution in [0, 0.1) is 5.82 Å². The fourth-order valence-electron chi connectivity index (χ4n) is 3.97. The third kappa shape index (κ3) is 5.03. The number of fused-ring (bicyclic) bond motifs is 1. The first-order valence-corrected chi connectivity index (χ1v) is 11.9. The smallest absolute Gasteiger partial charge is 0.321 e. The van der Waals surface area contributed by atoms with Crippen LogP contribution in [0.4, 0.5) is 4.39 Å². The number of nitrogens with zero attached hydrogens (tertiary/aromatic N) is 1. The average molecular weight is 488 g/mol. The van der Waals surface area contributed by atoms with Crippen molar-refractivity contribution in [3.63, 3.8) is 0 Å². The lowest BCUT2D eigenvalue weighted by Crippen LogP contribution is -2.32. The summed E-state index contributed by atoms with van der Waals surface area (Å²) in [5.74, 6) is -0.877. The molecule has 1 unspecified atom stereocenters. The molecule has 34 heavy (non-hydrogen) atoms. The first kappa shape index (κ1) is 24.1. The zero-order valence-electron chi connectivity index (χ0n) is 18.8. The monoisotopic (exact) mass is 487 g/mol. The lowest BCUT2D eigenvalue weighted by atomic mass is 9.97. The van der Waals surface area contributed by atoms with E-state index in [1.165, 1.54) is 31.3 Å². The summed E-state index contributed by atoms with van der Waals surface area (Å²) in [6.07, 6.45) is 1.88. The average Bonchev–Trinajstić information content (AvgIpc) is 3.59. The Morgan fingerprint density at radius 2 is 1.97 bits per heavy atom. The van der Waals surface area contributed by atoms with Gasteiger partial charge in [-0.15, -0.1) is 0 Å². The molecule has 10 heteroatoms. The van der Waals surface area contributed by atoms with Crippen molar-refractivity contribution in [1.82, 2.24) is 9.62 Å². The number of halogens is 1. The molecule has 0 radical (unpaired) electrons. The molecule has 1 aliphatic rings. The van der Waals surface area contributed by atoms with Crippen LogP contribution in [0.1, 0.15) is 47.2 Å². The highest BCUT2D eigenvalue weighted by Gasteiger charge is 2.30. The molecule has 1 heterocycles. The van der Waals surface area contributed by atoms with Gasteiger partial charge in [-0.25, -0.2) is 8.70 Å². The molecule has 1 atom stereocenters. The van der Waals surface area contributed by atoms with Gasteiger partial charge in [-0.05, 0) is 73.2 Å². The minimum absolute atomic E-state index is 0.0431. The third-order valence-corrected chi connectivity index (χ3v) is 6.38. The minimum Gasteiger partial charge on any atom is -0.760 e. The Morgan fingerprint density at radius 3 is 2.56 bits per heavy atom. The van der Waals surface area contributed by atoms with Gasteiger partial charge in [0.2, 0.25) is 0 Å². The summed E-state index contributed by atoms with van der Waals surface area (Å²) in [4.78, 5) is 24.7. The Balaban J connectivity index is 1.82. The molecule has 0 bridgehead atoms. The van der Waals surface area contributed by atoms with Gasteiger partial charge in [-0.3, -0.25) is 13.8 Å². The zero-order chi connectivity index (χ0) is 24.4. The lowest BCUT2D eigenvalue weighted by molar-refractivity contribution is -0.143. The number of nitrogens with one attached hydrogen (secondary N) is 1. The fraction of sp³-hybridized carbons (Fsp3) is 0.333. The molecule has 2 aromatic carbocycles. The third-order valence-electron chi connectivity index (χ3n) is 5.70. The first-order valence-electron chi connectivity index (χ1n) is 10.9. The topological polar surface area (TPSA) is 112 Å². The van der Waals surface area contributed by atoms with Crippen LogP contribution in [0.15, 0.2) is 40.8 Å². The molecule has 0 aliphatic heterocycles. The van der Waals surface area contributed by atoms with Crippen molar-refractivity contribution >= 4 is 34.1 Å². The van der Waals surface area contributed by atoms with Gasteiger partial charge in [0.05, 0.1) is 12.2 Å². The van der Waals surface area contributed by atoms with Gasteiger partial charge in [0.1, 0.15) is 23.7 Å². The van der Waals surface area contributed by atoms with Crippen molar-refractivity contribution < 1.29 is 31.9 Å². The number of furan rings is 1. The van der Waals surface area contributed by atoms with Gasteiger partial charge >= 0.3 is 5.97 Å². The van der Waals surface area contributed by atoms with Crippen molar-refractivity contribution in [2.24, 2.45) is 0 Å². The second-order valence-corrected chi connectivity index (χ2v) is 8.98. The first-order chi connectivity index (χ1) is 16.3. The second kappa shape index (κ2) is 10.0. The van der Waals surface area contributed by atoms with Crippen molar-refractivity contribution in [2.45, 2.75) is 32.2 Å². The van der Waals surface area contributed by atoms with E-state index in [0.29, 0.717) is 33.4 Å². The fourth-order valence-corrected chi connectivity index (χ4v) is 4.43. The maximum absolute atomic E-state index is 13.5. The lowest BCUT2D eigenvalue weighted by Gasteiger charge is -2.24. The van der Waals surface area contributed by atoms with Gasteiger partial charge in [-0.1, -0.05) is 0 Å². The zero-order valence-corrected chi connectivity index (χ0v) is 19.6. The Labute approximate surface area is 198 Å². The highest BCUT2D eigenvalue weighted by molar-refractivity contribution is 7.76. The molecular weight excluding hydrogens is 463 g/mol. The molecule has 0 spiro atoms. The van der Waals surface area contributed by atoms with Crippen LogP contribution < -0.4 is 5.32 Å². The maximum atomic E-state index is 13.5. The molecule has 0 saturated heterocycles. The van der Waals surface area contributed by atoms with Crippen molar-refractivity contribution in [3.05, 3.63) is 58.9 Å². The van der Waals surface area contributed by atoms with E-state index in [2.05, 4.69) is 5.32 Å². The van der Waals surface area contributed by atoms with E-state index < -0.39 is 29.6 Å². The van der Waals surface area contributed by atoms with Crippen LogP contribution in [0.5, 0.6) is 0 Å². The quantitative estimate of drug-likeness (QED) is 0.364.